The minimum atomic E-state index is -1.22. The lowest BCUT2D eigenvalue weighted by Crippen LogP contribution is -2.35. The molecule has 2 N–H and O–H groups in total. The summed E-state index contributed by atoms with van der Waals surface area (Å²) in [6, 6.07) is 9.66. The number of hydrazine groups is 1. The number of carbonyl (C=O) groups excluding carboxylic acids is 2. The van der Waals surface area contributed by atoms with Crippen molar-refractivity contribution in [3.05, 3.63) is 57.1 Å². The third-order valence-corrected chi connectivity index (χ3v) is 3.82. The minimum absolute atomic E-state index is 0.116. The molecular formula is C15H9IN2O5. The van der Waals surface area contributed by atoms with E-state index < -0.39 is 17.8 Å². The fraction of sp³-hybridized carbons (Fsp3) is 0. The molecule has 0 unspecified atom stereocenters. The van der Waals surface area contributed by atoms with Crippen LogP contribution in [0.2, 0.25) is 0 Å². The minimum Gasteiger partial charge on any atom is -0.475 e. The smallest absolute Gasteiger partial charge is 0.371 e. The number of hydrogen-bond donors (Lipinski definition) is 2. The third-order valence-electron chi connectivity index (χ3n) is 3.10. The summed E-state index contributed by atoms with van der Waals surface area (Å²) in [5.41, 5.74) is 2.85. The second kappa shape index (κ2) is 5.88. The fourth-order valence-electron chi connectivity index (χ4n) is 2.02. The van der Waals surface area contributed by atoms with Crippen molar-refractivity contribution in [1.29, 1.82) is 0 Å². The van der Waals surface area contributed by atoms with E-state index in [9.17, 15) is 14.4 Å². The van der Waals surface area contributed by atoms with Crippen molar-refractivity contribution < 1.29 is 23.9 Å². The standard InChI is InChI=1S/C15H9IN2O5/c16-8-1-3-9(4-2-8)18-14(20)11(13(19)17-18)7-10-5-6-12(23-10)15(21)22/h1-7H,(H,17,19)(H,21,22). The quantitative estimate of drug-likeness (QED) is 0.447. The maximum Gasteiger partial charge on any atom is 0.371 e. The first-order valence-electron chi connectivity index (χ1n) is 6.41. The Labute approximate surface area is 143 Å². The van der Waals surface area contributed by atoms with Gasteiger partial charge in [-0.15, -0.1) is 0 Å². The van der Waals surface area contributed by atoms with E-state index in [-0.39, 0.29) is 17.1 Å². The molecule has 1 saturated heterocycles. The molecule has 0 aliphatic carbocycles. The fourth-order valence-corrected chi connectivity index (χ4v) is 2.38. The number of nitrogens with zero attached hydrogens (tertiary/aromatic N) is 1. The summed E-state index contributed by atoms with van der Waals surface area (Å²) >= 11 is 2.13. The number of carbonyl (C=O) groups is 3. The van der Waals surface area contributed by atoms with Crippen LogP contribution in [0.3, 0.4) is 0 Å². The molecule has 1 aromatic carbocycles. The van der Waals surface area contributed by atoms with Crippen LogP contribution in [0, 0.1) is 3.57 Å². The van der Waals surface area contributed by atoms with Crippen LogP contribution in [-0.4, -0.2) is 22.9 Å². The Balaban J connectivity index is 1.90. The number of nitrogens with one attached hydrogen (secondary N) is 1. The van der Waals surface area contributed by atoms with Gasteiger partial charge in [-0.1, -0.05) is 0 Å². The zero-order chi connectivity index (χ0) is 16.6. The average Bonchev–Trinajstić information content (AvgIpc) is 3.09. The van der Waals surface area contributed by atoms with Gasteiger partial charge in [-0.2, -0.15) is 0 Å². The van der Waals surface area contributed by atoms with Crippen LogP contribution >= 0.6 is 22.6 Å². The highest BCUT2D eigenvalue weighted by molar-refractivity contribution is 14.1. The number of furan rings is 1. The van der Waals surface area contributed by atoms with E-state index in [0.29, 0.717) is 5.69 Å². The van der Waals surface area contributed by atoms with E-state index in [2.05, 4.69) is 28.0 Å². The van der Waals surface area contributed by atoms with Crippen molar-refractivity contribution >= 4 is 52.1 Å². The highest BCUT2D eigenvalue weighted by Gasteiger charge is 2.34. The summed E-state index contributed by atoms with van der Waals surface area (Å²) in [6.45, 7) is 0. The molecule has 2 aromatic rings. The Morgan fingerprint density at radius 3 is 2.48 bits per heavy atom. The number of amides is 2. The van der Waals surface area contributed by atoms with E-state index in [1.807, 2.05) is 12.1 Å². The molecule has 1 fully saturated rings. The highest BCUT2D eigenvalue weighted by atomic mass is 127. The molecule has 2 amide bonds. The first kappa shape index (κ1) is 15.3. The molecule has 7 nitrogen and oxygen atoms in total. The SMILES string of the molecule is O=C1NN(c2ccc(I)cc2)C(=O)C1=Cc1ccc(C(=O)O)o1. The number of carboxylic acids is 1. The maximum absolute atomic E-state index is 12.4. The summed E-state index contributed by atoms with van der Waals surface area (Å²) in [4.78, 5) is 35.1. The van der Waals surface area contributed by atoms with E-state index in [1.165, 1.54) is 18.2 Å². The normalized spacial score (nSPS) is 16.0. The maximum atomic E-state index is 12.4. The molecule has 2 heterocycles. The van der Waals surface area contributed by atoms with Gasteiger partial charge in [0.15, 0.2) is 0 Å². The number of aromatic carboxylic acids is 1. The zero-order valence-corrected chi connectivity index (χ0v) is 13.6. The predicted octanol–water partition coefficient (Wildman–Crippen LogP) is 2.04. The molecule has 0 saturated carbocycles. The van der Waals surface area contributed by atoms with Crippen molar-refractivity contribution in [2.75, 3.05) is 5.01 Å². The van der Waals surface area contributed by atoms with E-state index in [4.69, 9.17) is 9.52 Å². The Hall–Kier alpha value is -2.62. The Kier molecular flexibility index (Phi) is 3.90. The largest absolute Gasteiger partial charge is 0.475 e. The number of benzene rings is 1. The average molecular weight is 424 g/mol. The van der Waals surface area contributed by atoms with Crippen LogP contribution in [0.4, 0.5) is 5.69 Å². The number of anilines is 1. The molecule has 0 radical (unpaired) electrons. The van der Waals surface area contributed by atoms with Crippen molar-refractivity contribution in [3.63, 3.8) is 0 Å². The molecular weight excluding hydrogens is 415 g/mol. The topological polar surface area (TPSA) is 99.9 Å². The van der Waals surface area contributed by atoms with Crippen LogP contribution in [0.25, 0.3) is 6.08 Å². The molecule has 0 spiro atoms. The molecule has 8 heteroatoms. The lowest BCUT2D eigenvalue weighted by molar-refractivity contribution is -0.117. The lowest BCUT2D eigenvalue weighted by Gasteiger charge is -2.14. The van der Waals surface area contributed by atoms with Crippen molar-refractivity contribution in [1.82, 2.24) is 5.43 Å². The number of carboxylic acid groups (broad SMARTS) is 1. The van der Waals surface area contributed by atoms with Gasteiger partial charge >= 0.3 is 5.97 Å². The van der Waals surface area contributed by atoms with Gasteiger partial charge in [-0.3, -0.25) is 15.0 Å². The molecule has 23 heavy (non-hydrogen) atoms. The van der Waals surface area contributed by atoms with Crippen LogP contribution in [0.15, 0.2) is 46.4 Å². The molecule has 0 bridgehead atoms. The summed E-state index contributed by atoms with van der Waals surface area (Å²) in [5.74, 6) is -2.49. The van der Waals surface area contributed by atoms with Gasteiger partial charge in [0, 0.05) is 3.57 Å². The molecule has 1 aliphatic rings. The van der Waals surface area contributed by atoms with Gasteiger partial charge in [-0.25, -0.2) is 9.80 Å². The van der Waals surface area contributed by atoms with E-state index in [1.54, 1.807) is 12.1 Å². The second-order valence-corrected chi connectivity index (χ2v) is 5.87. The van der Waals surface area contributed by atoms with Crippen molar-refractivity contribution in [2.24, 2.45) is 0 Å². The predicted molar refractivity (Wildman–Crippen MR) is 88.4 cm³/mol. The lowest BCUT2D eigenvalue weighted by atomic mass is 10.2. The zero-order valence-electron chi connectivity index (χ0n) is 11.4. The molecule has 1 aromatic heterocycles. The van der Waals surface area contributed by atoms with E-state index in [0.717, 1.165) is 8.58 Å². The van der Waals surface area contributed by atoms with Crippen molar-refractivity contribution in [2.45, 2.75) is 0 Å². The molecule has 1 aliphatic heterocycles. The Morgan fingerprint density at radius 2 is 1.87 bits per heavy atom. The van der Waals surface area contributed by atoms with Crippen LogP contribution < -0.4 is 10.4 Å². The Bertz CT molecular complexity index is 838. The second-order valence-electron chi connectivity index (χ2n) is 4.62. The summed E-state index contributed by atoms with van der Waals surface area (Å²) in [6.07, 6.45) is 1.22. The van der Waals surface area contributed by atoms with Crippen molar-refractivity contribution in [3.8, 4) is 0 Å². The van der Waals surface area contributed by atoms with Gasteiger partial charge in [0.2, 0.25) is 5.76 Å². The highest BCUT2D eigenvalue weighted by Crippen LogP contribution is 2.22. The van der Waals surface area contributed by atoms with Gasteiger partial charge in [0.05, 0.1) is 5.69 Å². The summed E-state index contributed by atoms with van der Waals surface area (Å²) < 4.78 is 6.03. The summed E-state index contributed by atoms with van der Waals surface area (Å²) in [5, 5.41) is 9.94. The third kappa shape index (κ3) is 2.97. The number of rotatable bonds is 3. The van der Waals surface area contributed by atoms with Gasteiger partial charge < -0.3 is 9.52 Å². The van der Waals surface area contributed by atoms with Gasteiger partial charge in [0.1, 0.15) is 11.3 Å². The van der Waals surface area contributed by atoms with Gasteiger partial charge in [-0.05, 0) is 65.1 Å². The first-order chi connectivity index (χ1) is 11.0. The Morgan fingerprint density at radius 1 is 1.17 bits per heavy atom. The molecule has 0 atom stereocenters. The van der Waals surface area contributed by atoms with Crippen LogP contribution in [-0.2, 0) is 9.59 Å². The molecule has 116 valence electrons. The summed E-state index contributed by atoms with van der Waals surface area (Å²) in [7, 11) is 0. The van der Waals surface area contributed by atoms with Crippen LogP contribution in [0.1, 0.15) is 16.3 Å². The monoisotopic (exact) mass is 424 g/mol. The first-order valence-corrected chi connectivity index (χ1v) is 7.49. The number of halogens is 1. The van der Waals surface area contributed by atoms with Gasteiger partial charge in [0.25, 0.3) is 11.8 Å². The molecule has 3 rings (SSSR count). The van der Waals surface area contributed by atoms with E-state index >= 15 is 0 Å². The van der Waals surface area contributed by atoms with Crippen LogP contribution in [0.5, 0.6) is 0 Å². The number of hydrogen-bond acceptors (Lipinski definition) is 4.